The Morgan fingerprint density at radius 3 is 2.03 bits per heavy atom. The van der Waals surface area contributed by atoms with E-state index in [0.717, 1.165) is 16.7 Å². The number of ether oxygens (including phenoxy) is 1. The predicted molar refractivity (Wildman–Crippen MR) is 137 cm³/mol. The van der Waals surface area contributed by atoms with E-state index < -0.39 is 11.5 Å². The molecule has 3 rings (SSSR count). The number of fused-ring (bicyclic) bond motifs is 1. The number of amidine groups is 1. The molecule has 1 heterocycles. The third kappa shape index (κ3) is 4.82. The normalized spacial score (nSPS) is 15.7. The van der Waals surface area contributed by atoms with Gasteiger partial charge in [0.15, 0.2) is 11.4 Å². The van der Waals surface area contributed by atoms with Gasteiger partial charge in [0.2, 0.25) is 0 Å². The number of hydrogen-bond donors (Lipinski definition) is 3. The molecule has 1 aliphatic rings. The Bertz CT molecular complexity index is 1170. The summed E-state index contributed by atoms with van der Waals surface area (Å²) < 4.78 is 5.38. The van der Waals surface area contributed by atoms with Crippen molar-refractivity contribution in [2.24, 2.45) is 5.73 Å². The van der Waals surface area contributed by atoms with Gasteiger partial charge in [0.1, 0.15) is 11.6 Å². The van der Waals surface area contributed by atoms with Crippen molar-refractivity contribution >= 4 is 17.5 Å². The third-order valence-corrected chi connectivity index (χ3v) is 6.85. The van der Waals surface area contributed by atoms with Crippen molar-refractivity contribution < 1.29 is 19.4 Å². The van der Waals surface area contributed by atoms with Gasteiger partial charge < -0.3 is 20.5 Å². The number of carbonyl (C=O) groups excluding carboxylic acids is 2. The smallest absolute Gasteiger partial charge is 0.254 e. The summed E-state index contributed by atoms with van der Waals surface area (Å²) in [5.41, 5.74) is 7.63. The van der Waals surface area contributed by atoms with Crippen LogP contribution >= 0.6 is 0 Å². The van der Waals surface area contributed by atoms with Gasteiger partial charge in [-0.1, -0.05) is 53.7 Å². The van der Waals surface area contributed by atoms with Crippen LogP contribution in [-0.2, 0) is 32.5 Å². The number of primary amides is 1. The number of amides is 1. The highest BCUT2D eigenvalue weighted by Crippen LogP contribution is 2.40. The van der Waals surface area contributed by atoms with Crippen LogP contribution < -0.4 is 5.73 Å². The second kappa shape index (κ2) is 8.79. The molecule has 0 saturated carbocycles. The number of nitrogens with zero attached hydrogens (tertiary/aromatic N) is 1. The largest absolute Gasteiger partial charge is 0.507 e. The maximum Gasteiger partial charge on any atom is 0.254 e. The number of ketones is 1. The van der Waals surface area contributed by atoms with E-state index in [0.29, 0.717) is 23.2 Å². The number of hydrogen-bond acceptors (Lipinski definition) is 5. The summed E-state index contributed by atoms with van der Waals surface area (Å²) in [6.07, 6.45) is 0. The summed E-state index contributed by atoms with van der Waals surface area (Å²) in [5.74, 6) is -0.305. The van der Waals surface area contributed by atoms with Gasteiger partial charge in [-0.3, -0.25) is 15.0 Å². The fraction of sp³-hybridized carbons (Fsp3) is 0.464. The number of rotatable bonds is 6. The Hall–Kier alpha value is -3.19. The van der Waals surface area contributed by atoms with Gasteiger partial charge in [-0.2, -0.15) is 0 Å². The zero-order valence-corrected chi connectivity index (χ0v) is 22.0. The molecule has 0 bridgehead atoms. The number of phenols is 1. The first-order valence-corrected chi connectivity index (χ1v) is 11.7. The molecule has 1 atom stereocenters. The lowest BCUT2D eigenvalue weighted by Gasteiger charge is -2.28. The maximum atomic E-state index is 13.4. The second-order valence-corrected chi connectivity index (χ2v) is 11.5. The lowest BCUT2D eigenvalue weighted by molar-refractivity contribution is -0.139. The minimum absolute atomic E-state index is 0.0259. The lowest BCUT2D eigenvalue weighted by atomic mass is 9.78. The van der Waals surface area contributed by atoms with Crippen molar-refractivity contribution in [3.8, 4) is 5.75 Å². The average molecular weight is 480 g/mol. The number of carbonyl (C=O) groups is 2. The highest BCUT2D eigenvalue weighted by molar-refractivity contribution is 6.05. The van der Waals surface area contributed by atoms with E-state index in [1.54, 1.807) is 36.1 Å². The van der Waals surface area contributed by atoms with Crippen LogP contribution in [0.25, 0.3) is 0 Å². The molecule has 35 heavy (non-hydrogen) atoms. The zero-order valence-electron chi connectivity index (χ0n) is 22.0. The molecule has 2 aromatic carbocycles. The summed E-state index contributed by atoms with van der Waals surface area (Å²) in [6.45, 7) is 14.1. The van der Waals surface area contributed by atoms with E-state index in [2.05, 4.69) is 0 Å². The number of benzene rings is 2. The predicted octanol–water partition coefficient (Wildman–Crippen LogP) is 4.36. The van der Waals surface area contributed by atoms with Crippen molar-refractivity contribution in [3.05, 3.63) is 63.7 Å². The quantitative estimate of drug-likeness (QED) is 0.532. The molecule has 0 aromatic heterocycles. The third-order valence-electron chi connectivity index (χ3n) is 6.85. The first-order chi connectivity index (χ1) is 16.0. The summed E-state index contributed by atoms with van der Waals surface area (Å²) >= 11 is 0. The molecule has 0 fully saturated rings. The molecule has 0 aliphatic carbocycles. The molecule has 4 N–H and O–H groups in total. The van der Waals surface area contributed by atoms with Gasteiger partial charge >= 0.3 is 0 Å². The van der Waals surface area contributed by atoms with Crippen LogP contribution in [0.3, 0.4) is 0 Å². The molecule has 0 radical (unpaired) electrons. The SMILES string of the molecule is COC(C)(C(N)=O)c1ccc2c(c1)C(=N)N(CC(=O)c1cc(C(C)(C)C)c(O)c(C(C)(C)C)c1)C2. The number of nitrogens with one attached hydrogen (secondary N) is 1. The zero-order chi connectivity index (χ0) is 26.5. The monoisotopic (exact) mass is 479 g/mol. The van der Waals surface area contributed by atoms with Gasteiger partial charge in [-0.15, -0.1) is 0 Å². The number of phenolic OH excluding ortho intramolecular Hbond substituents is 1. The van der Waals surface area contributed by atoms with E-state index in [4.69, 9.17) is 15.9 Å². The standard InChI is InChI=1S/C28H37N3O4/c1-26(2,3)20-11-17(12-21(23(20)33)27(4,5)6)22(32)15-31-14-16-9-10-18(13-19(16)24(31)29)28(7,35-8)25(30)34/h9-13,29,33H,14-15H2,1-8H3,(H2,30,34). The second-order valence-electron chi connectivity index (χ2n) is 11.5. The van der Waals surface area contributed by atoms with Gasteiger partial charge in [0, 0.05) is 35.9 Å². The van der Waals surface area contributed by atoms with Crippen molar-refractivity contribution in [2.75, 3.05) is 13.7 Å². The van der Waals surface area contributed by atoms with Crippen LogP contribution in [0.5, 0.6) is 5.75 Å². The molecule has 7 nitrogen and oxygen atoms in total. The van der Waals surface area contributed by atoms with E-state index in [9.17, 15) is 14.7 Å². The molecule has 1 aliphatic heterocycles. The summed E-state index contributed by atoms with van der Waals surface area (Å²) in [5, 5.41) is 19.7. The van der Waals surface area contributed by atoms with Crippen LogP contribution in [0.15, 0.2) is 30.3 Å². The van der Waals surface area contributed by atoms with Crippen LogP contribution in [0.4, 0.5) is 0 Å². The number of nitrogens with two attached hydrogens (primary N) is 1. The molecule has 7 heteroatoms. The Balaban J connectivity index is 1.93. The van der Waals surface area contributed by atoms with E-state index >= 15 is 0 Å². The highest BCUT2D eigenvalue weighted by Gasteiger charge is 2.36. The van der Waals surface area contributed by atoms with Crippen molar-refractivity contribution in [2.45, 2.75) is 71.4 Å². The van der Waals surface area contributed by atoms with Crippen LogP contribution in [0, 0.1) is 5.41 Å². The van der Waals surface area contributed by atoms with E-state index in [1.807, 2.05) is 47.6 Å². The summed E-state index contributed by atoms with van der Waals surface area (Å²) in [4.78, 5) is 27.1. The van der Waals surface area contributed by atoms with Crippen LogP contribution in [0.2, 0.25) is 0 Å². The minimum atomic E-state index is -1.31. The molecule has 0 spiro atoms. The van der Waals surface area contributed by atoms with Gasteiger partial charge in [0.25, 0.3) is 5.91 Å². The minimum Gasteiger partial charge on any atom is -0.507 e. The molecule has 188 valence electrons. The van der Waals surface area contributed by atoms with Crippen molar-refractivity contribution in [1.29, 1.82) is 5.41 Å². The van der Waals surface area contributed by atoms with Crippen molar-refractivity contribution in [1.82, 2.24) is 4.90 Å². The molecular weight excluding hydrogens is 442 g/mol. The first-order valence-electron chi connectivity index (χ1n) is 11.7. The fourth-order valence-electron chi connectivity index (χ4n) is 4.39. The molecule has 2 aromatic rings. The molecule has 1 amide bonds. The molecular formula is C28H37N3O4. The summed E-state index contributed by atoms with van der Waals surface area (Å²) in [6, 6.07) is 8.91. The maximum absolute atomic E-state index is 13.4. The van der Waals surface area contributed by atoms with Crippen LogP contribution in [-0.4, -0.2) is 41.2 Å². The lowest BCUT2D eigenvalue weighted by Crippen LogP contribution is -2.40. The Kier molecular flexibility index (Phi) is 6.63. The first kappa shape index (κ1) is 26.4. The van der Waals surface area contributed by atoms with Gasteiger partial charge in [-0.05, 0) is 47.1 Å². The molecule has 0 saturated heterocycles. The van der Waals surface area contributed by atoms with Crippen molar-refractivity contribution in [3.63, 3.8) is 0 Å². The van der Waals surface area contributed by atoms with E-state index in [-0.39, 0.29) is 34.7 Å². The van der Waals surface area contributed by atoms with Crippen LogP contribution in [0.1, 0.15) is 86.6 Å². The Morgan fingerprint density at radius 1 is 1.03 bits per heavy atom. The highest BCUT2D eigenvalue weighted by atomic mass is 16.5. The molecule has 1 unspecified atom stereocenters. The topological polar surface area (TPSA) is 117 Å². The summed E-state index contributed by atoms with van der Waals surface area (Å²) in [7, 11) is 1.42. The van der Waals surface area contributed by atoms with Gasteiger partial charge in [-0.25, -0.2) is 0 Å². The fourth-order valence-corrected chi connectivity index (χ4v) is 4.39. The number of Topliss-reactive ketones (excluding diaryl/α,β-unsaturated/α-hetero) is 1. The van der Waals surface area contributed by atoms with E-state index in [1.165, 1.54) is 7.11 Å². The van der Waals surface area contributed by atoms with Gasteiger partial charge in [0.05, 0.1) is 6.54 Å². The Labute approximate surface area is 207 Å². The number of aromatic hydroxyl groups is 1. The Morgan fingerprint density at radius 2 is 1.57 bits per heavy atom. The number of methoxy groups -OCH3 is 1. The average Bonchev–Trinajstić information content (AvgIpc) is 3.06.